The number of likely N-dealkylation sites (N-methyl/N-ethyl adjacent to an activating group) is 1. The smallest absolute Gasteiger partial charge is 0.239 e. The van der Waals surface area contributed by atoms with Crippen molar-refractivity contribution in [1.29, 1.82) is 0 Å². The van der Waals surface area contributed by atoms with Gasteiger partial charge in [0, 0.05) is 20.0 Å². The molecule has 0 aliphatic rings. The van der Waals surface area contributed by atoms with E-state index in [2.05, 4.69) is 16.9 Å². The third kappa shape index (κ3) is 4.94. The number of nitrogens with two attached hydrogens (primary N) is 1. The zero-order chi connectivity index (χ0) is 16.1. The van der Waals surface area contributed by atoms with Crippen LogP contribution < -0.4 is 5.73 Å². The predicted octanol–water partition coefficient (Wildman–Crippen LogP) is 2.75. The van der Waals surface area contributed by atoms with E-state index in [4.69, 9.17) is 5.73 Å². The van der Waals surface area contributed by atoms with Crippen molar-refractivity contribution in [2.24, 2.45) is 11.7 Å². The van der Waals surface area contributed by atoms with Gasteiger partial charge in [0.15, 0.2) is 0 Å². The van der Waals surface area contributed by atoms with Crippen LogP contribution in [0.4, 0.5) is 0 Å². The summed E-state index contributed by atoms with van der Waals surface area (Å²) in [5.74, 6) is 1.21. The van der Waals surface area contributed by atoms with Crippen LogP contribution in [-0.2, 0) is 11.2 Å². The summed E-state index contributed by atoms with van der Waals surface area (Å²) >= 11 is 0. The predicted molar refractivity (Wildman–Crippen MR) is 96.7 cm³/mol. The number of amides is 1. The molecule has 3 N–H and O–H groups in total. The summed E-state index contributed by atoms with van der Waals surface area (Å²) in [4.78, 5) is 21.8. The molecule has 6 heteroatoms. The second kappa shape index (κ2) is 8.89. The number of nitrogens with zero attached hydrogens (tertiary/aromatic N) is 2. The molecule has 2 atom stereocenters. The number of H-pyrrole nitrogens is 1. The van der Waals surface area contributed by atoms with Crippen LogP contribution in [0.2, 0.25) is 0 Å². The van der Waals surface area contributed by atoms with Crippen molar-refractivity contribution in [3.63, 3.8) is 0 Å². The molecule has 0 aliphatic carbocycles. The van der Waals surface area contributed by atoms with Crippen molar-refractivity contribution < 1.29 is 4.79 Å². The molecule has 1 aromatic heterocycles. The van der Waals surface area contributed by atoms with Crippen LogP contribution in [-0.4, -0.2) is 40.4 Å². The molecule has 5 nitrogen and oxygen atoms in total. The van der Waals surface area contributed by atoms with Gasteiger partial charge in [0.2, 0.25) is 5.91 Å². The standard InChI is InChI=1S/C17H26N4O.ClH/c1-4-12(2)16(18)17(22)21(3)11-7-10-15-19-13-8-5-6-9-14(13)20-15;/h5-6,8-9,12,16H,4,7,10-11,18H2,1-3H3,(H,19,20);1H. The van der Waals surface area contributed by atoms with Crippen molar-refractivity contribution in [2.45, 2.75) is 39.2 Å². The van der Waals surface area contributed by atoms with Crippen molar-refractivity contribution in [1.82, 2.24) is 14.9 Å². The fraction of sp³-hybridized carbons (Fsp3) is 0.529. The van der Waals surface area contributed by atoms with Gasteiger partial charge >= 0.3 is 0 Å². The van der Waals surface area contributed by atoms with E-state index in [0.29, 0.717) is 6.54 Å². The molecule has 0 aliphatic heterocycles. The molecule has 128 valence electrons. The Bertz CT molecular complexity index is 595. The molecule has 0 saturated carbocycles. The number of para-hydroxylation sites is 2. The van der Waals surface area contributed by atoms with Gasteiger partial charge in [-0.3, -0.25) is 4.79 Å². The molecular weight excluding hydrogens is 312 g/mol. The highest BCUT2D eigenvalue weighted by atomic mass is 35.5. The van der Waals surface area contributed by atoms with Gasteiger partial charge < -0.3 is 15.6 Å². The number of aromatic nitrogens is 2. The van der Waals surface area contributed by atoms with Gasteiger partial charge in [-0.25, -0.2) is 4.98 Å². The molecule has 0 spiro atoms. The fourth-order valence-corrected chi connectivity index (χ4v) is 2.47. The first-order chi connectivity index (χ1) is 10.5. The highest BCUT2D eigenvalue weighted by molar-refractivity contribution is 5.85. The van der Waals surface area contributed by atoms with E-state index in [0.717, 1.165) is 36.1 Å². The van der Waals surface area contributed by atoms with E-state index in [1.54, 1.807) is 4.90 Å². The minimum Gasteiger partial charge on any atom is -0.344 e. The summed E-state index contributed by atoms with van der Waals surface area (Å²) < 4.78 is 0. The van der Waals surface area contributed by atoms with Crippen molar-refractivity contribution in [3.8, 4) is 0 Å². The van der Waals surface area contributed by atoms with Crippen molar-refractivity contribution >= 4 is 29.3 Å². The second-order valence-corrected chi connectivity index (χ2v) is 5.98. The van der Waals surface area contributed by atoms with Crippen LogP contribution in [0.3, 0.4) is 0 Å². The van der Waals surface area contributed by atoms with Crippen molar-refractivity contribution in [2.75, 3.05) is 13.6 Å². The van der Waals surface area contributed by atoms with Gasteiger partial charge in [0.1, 0.15) is 5.82 Å². The maximum Gasteiger partial charge on any atom is 0.239 e. The van der Waals surface area contributed by atoms with Gasteiger partial charge in [-0.1, -0.05) is 32.4 Å². The maximum absolute atomic E-state index is 12.2. The quantitative estimate of drug-likeness (QED) is 0.815. The molecule has 0 radical (unpaired) electrons. The first-order valence-corrected chi connectivity index (χ1v) is 7.97. The van der Waals surface area contributed by atoms with Gasteiger partial charge in [0.05, 0.1) is 17.1 Å². The van der Waals surface area contributed by atoms with E-state index in [9.17, 15) is 4.79 Å². The van der Waals surface area contributed by atoms with E-state index >= 15 is 0 Å². The molecule has 2 rings (SSSR count). The Hall–Kier alpha value is -1.59. The van der Waals surface area contributed by atoms with Crippen LogP contribution in [0.5, 0.6) is 0 Å². The summed E-state index contributed by atoms with van der Waals surface area (Å²) in [6, 6.07) is 7.59. The third-order valence-corrected chi connectivity index (χ3v) is 4.26. The topological polar surface area (TPSA) is 75.0 Å². The summed E-state index contributed by atoms with van der Waals surface area (Å²) in [5, 5.41) is 0. The number of hydrogen-bond acceptors (Lipinski definition) is 3. The number of aryl methyl sites for hydroxylation is 1. The average molecular weight is 339 g/mol. The lowest BCUT2D eigenvalue weighted by atomic mass is 9.99. The number of fused-ring (bicyclic) bond motifs is 1. The van der Waals surface area contributed by atoms with Gasteiger partial charge in [0.25, 0.3) is 0 Å². The van der Waals surface area contributed by atoms with E-state index < -0.39 is 6.04 Å². The number of rotatable bonds is 7. The molecule has 1 aromatic carbocycles. The number of nitrogens with one attached hydrogen (secondary N) is 1. The molecule has 2 unspecified atom stereocenters. The largest absolute Gasteiger partial charge is 0.344 e. The Morgan fingerprint density at radius 1 is 1.39 bits per heavy atom. The van der Waals surface area contributed by atoms with E-state index in [1.165, 1.54) is 0 Å². The zero-order valence-corrected chi connectivity index (χ0v) is 14.9. The Labute approximate surface area is 144 Å². The number of carbonyl (C=O) groups excluding carboxylic acids is 1. The summed E-state index contributed by atoms with van der Waals surface area (Å²) in [6.07, 6.45) is 2.61. The molecule has 1 amide bonds. The van der Waals surface area contributed by atoms with Crippen LogP contribution in [0, 0.1) is 5.92 Å². The number of imidazole rings is 1. The summed E-state index contributed by atoms with van der Waals surface area (Å²) in [7, 11) is 1.82. The highest BCUT2D eigenvalue weighted by Gasteiger charge is 2.22. The SMILES string of the molecule is CCC(C)C(N)C(=O)N(C)CCCc1nc2ccccc2[nH]1.Cl. The Morgan fingerprint density at radius 3 is 2.74 bits per heavy atom. The Kier molecular flexibility index (Phi) is 7.52. The van der Waals surface area contributed by atoms with E-state index in [-0.39, 0.29) is 24.2 Å². The first-order valence-electron chi connectivity index (χ1n) is 7.97. The lowest BCUT2D eigenvalue weighted by Gasteiger charge is -2.24. The second-order valence-electron chi connectivity index (χ2n) is 5.98. The lowest BCUT2D eigenvalue weighted by molar-refractivity contribution is -0.132. The minimum atomic E-state index is -0.402. The van der Waals surface area contributed by atoms with Crippen LogP contribution in [0.15, 0.2) is 24.3 Å². The molecule has 0 fully saturated rings. The Morgan fingerprint density at radius 2 is 2.09 bits per heavy atom. The minimum absolute atomic E-state index is 0. The van der Waals surface area contributed by atoms with Crippen molar-refractivity contribution in [3.05, 3.63) is 30.1 Å². The number of halogens is 1. The van der Waals surface area contributed by atoms with E-state index in [1.807, 2.05) is 38.2 Å². The molecule has 1 heterocycles. The number of hydrogen-bond donors (Lipinski definition) is 2. The van der Waals surface area contributed by atoms with Gasteiger partial charge in [-0.05, 0) is 24.5 Å². The number of aromatic amines is 1. The molecule has 23 heavy (non-hydrogen) atoms. The Balaban J connectivity index is 0.00000264. The molecular formula is C17H27ClN4O. The zero-order valence-electron chi connectivity index (χ0n) is 14.1. The van der Waals surface area contributed by atoms with Crippen LogP contribution in [0.25, 0.3) is 11.0 Å². The van der Waals surface area contributed by atoms with Gasteiger partial charge in [-0.2, -0.15) is 0 Å². The van der Waals surface area contributed by atoms with Crippen LogP contribution in [0.1, 0.15) is 32.5 Å². The number of carbonyl (C=O) groups is 1. The van der Waals surface area contributed by atoms with Gasteiger partial charge in [-0.15, -0.1) is 12.4 Å². The highest BCUT2D eigenvalue weighted by Crippen LogP contribution is 2.12. The first kappa shape index (κ1) is 19.5. The fourth-order valence-electron chi connectivity index (χ4n) is 2.47. The molecule has 2 aromatic rings. The normalized spacial score (nSPS) is 13.4. The summed E-state index contributed by atoms with van der Waals surface area (Å²) in [5.41, 5.74) is 8.04. The third-order valence-electron chi connectivity index (χ3n) is 4.26. The molecule has 0 bridgehead atoms. The summed E-state index contributed by atoms with van der Waals surface area (Å²) in [6.45, 7) is 4.77. The number of benzene rings is 1. The van der Waals surface area contributed by atoms with Crippen LogP contribution >= 0.6 is 12.4 Å². The average Bonchev–Trinajstić information content (AvgIpc) is 2.95. The monoisotopic (exact) mass is 338 g/mol. The lowest BCUT2D eigenvalue weighted by Crippen LogP contribution is -2.45. The molecule has 0 saturated heterocycles. The maximum atomic E-state index is 12.2.